The van der Waals surface area contributed by atoms with Crippen molar-refractivity contribution in [2.75, 3.05) is 46.7 Å². The van der Waals surface area contributed by atoms with Gasteiger partial charge in [-0.15, -0.1) is 0 Å². The third-order valence-corrected chi connectivity index (χ3v) is 7.81. The van der Waals surface area contributed by atoms with Gasteiger partial charge in [0.25, 0.3) is 0 Å². The van der Waals surface area contributed by atoms with Crippen LogP contribution in [0.3, 0.4) is 0 Å². The average Bonchev–Trinajstić information content (AvgIpc) is 2.83. The summed E-state index contributed by atoms with van der Waals surface area (Å²) in [5.41, 5.74) is 0.692. The number of methoxy groups -OCH3 is 1. The average molecular weight is 514 g/mol. The van der Waals surface area contributed by atoms with Crippen LogP contribution in [0.15, 0.2) is 24.3 Å². The van der Waals surface area contributed by atoms with E-state index in [4.69, 9.17) is 32.6 Å². The number of carbonyl (C=O) groups is 2. The SMILES string of the molecule is CCO[Si](CCCNC(=O)OCCCCOc1ccc(C=CC(=O)O)cc1OC)(OCC)OCC. The Morgan fingerprint density at radius 1 is 0.971 bits per heavy atom. The molecule has 1 aromatic carbocycles. The molecule has 198 valence electrons. The highest BCUT2D eigenvalue weighted by molar-refractivity contribution is 6.60. The number of nitrogens with one attached hydrogen (secondary N) is 1. The van der Waals surface area contributed by atoms with Gasteiger partial charge in [0, 0.05) is 38.5 Å². The van der Waals surface area contributed by atoms with E-state index in [0.717, 1.165) is 6.08 Å². The van der Waals surface area contributed by atoms with Crippen molar-refractivity contribution >= 4 is 26.9 Å². The summed E-state index contributed by atoms with van der Waals surface area (Å²) in [6.45, 7) is 8.45. The molecule has 0 aliphatic carbocycles. The molecule has 1 rings (SSSR count). The third-order valence-electron chi connectivity index (χ3n) is 4.66. The maximum Gasteiger partial charge on any atom is 0.500 e. The van der Waals surface area contributed by atoms with Crippen LogP contribution in [-0.4, -0.2) is 72.7 Å². The van der Waals surface area contributed by atoms with Gasteiger partial charge in [-0.3, -0.25) is 0 Å². The Bertz CT molecular complexity index is 771. The van der Waals surface area contributed by atoms with Crippen LogP contribution >= 0.6 is 0 Å². The van der Waals surface area contributed by atoms with Crippen molar-refractivity contribution in [3.05, 3.63) is 29.8 Å². The molecule has 1 amide bonds. The zero-order valence-electron chi connectivity index (χ0n) is 21.2. The van der Waals surface area contributed by atoms with Crippen molar-refractivity contribution in [2.45, 2.75) is 46.1 Å². The molecule has 1 aromatic rings. The summed E-state index contributed by atoms with van der Waals surface area (Å²) >= 11 is 0. The molecule has 35 heavy (non-hydrogen) atoms. The molecule has 0 aromatic heterocycles. The lowest BCUT2D eigenvalue weighted by Gasteiger charge is -2.28. The van der Waals surface area contributed by atoms with Crippen LogP contribution in [0.25, 0.3) is 6.08 Å². The zero-order valence-corrected chi connectivity index (χ0v) is 22.2. The molecule has 0 atom stereocenters. The standard InChI is InChI=1S/C24H39NO9Si/c1-5-32-35(33-6-2,34-7-3)18-10-15-25-24(28)31-17-9-8-16-30-21-13-11-20(12-14-23(26)27)19-22(21)29-4/h11-14,19H,5-10,15-18H2,1-4H3,(H,25,28)(H,26,27). The second-order valence-corrected chi connectivity index (χ2v) is 10.0. The molecule has 2 N–H and O–H groups in total. The predicted octanol–water partition coefficient (Wildman–Crippen LogP) is 4.12. The van der Waals surface area contributed by atoms with E-state index < -0.39 is 20.9 Å². The van der Waals surface area contributed by atoms with Gasteiger partial charge >= 0.3 is 20.9 Å². The van der Waals surface area contributed by atoms with Crippen LogP contribution < -0.4 is 14.8 Å². The molecule has 0 saturated carbocycles. The van der Waals surface area contributed by atoms with Gasteiger partial charge in [0.1, 0.15) is 0 Å². The van der Waals surface area contributed by atoms with E-state index in [1.54, 1.807) is 18.2 Å². The molecular weight excluding hydrogens is 474 g/mol. The van der Waals surface area contributed by atoms with Crippen LogP contribution in [0.4, 0.5) is 4.79 Å². The first-order chi connectivity index (χ1) is 16.9. The molecule has 0 aliphatic rings. The number of rotatable bonds is 19. The van der Waals surface area contributed by atoms with Gasteiger partial charge in [-0.05, 0) is 63.8 Å². The summed E-state index contributed by atoms with van der Waals surface area (Å²) in [4.78, 5) is 22.5. The molecule has 0 saturated heterocycles. The highest BCUT2D eigenvalue weighted by Gasteiger charge is 2.39. The summed E-state index contributed by atoms with van der Waals surface area (Å²) in [6.07, 6.45) is 4.07. The third kappa shape index (κ3) is 12.6. The van der Waals surface area contributed by atoms with Crippen molar-refractivity contribution in [3.8, 4) is 11.5 Å². The maximum atomic E-state index is 11.9. The number of hydrogen-bond donors (Lipinski definition) is 2. The lowest BCUT2D eigenvalue weighted by molar-refractivity contribution is -0.131. The normalized spacial score (nSPS) is 11.4. The number of ether oxygens (including phenoxy) is 3. The second kappa shape index (κ2) is 17.8. The van der Waals surface area contributed by atoms with Crippen molar-refractivity contribution in [2.24, 2.45) is 0 Å². The number of hydrogen-bond acceptors (Lipinski definition) is 8. The van der Waals surface area contributed by atoms with E-state index in [1.807, 2.05) is 20.8 Å². The van der Waals surface area contributed by atoms with Gasteiger partial charge in [0.2, 0.25) is 0 Å². The number of alkyl carbamates (subject to hydrolysis) is 1. The number of benzene rings is 1. The van der Waals surface area contributed by atoms with Crippen LogP contribution in [-0.2, 0) is 22.8 Å². The molecular formula is C24H39NO9Si. The first kappa shape index (κ1) is 30.4. The Morgan fingerprint density at radius 2 is 1.63 bits per heavy atom. The smallest absolute Gasteiger partial charge is 0.493 e. The Hall–Kier alpha value is -2.60. The topological polar surface area (TPSA) is 122 Å². The summed E-state index contributed by atoms with van der Waals surface area (Å²) in [5.74, 6) is 0.0521. The molecule has 0 heterocycles. The molecule has 0 spiro atoms. The molecule has 10 nitrogen and oxygen atoms in total. The summed E-state index contributed by atoms with van der Waals surface area (Å²) in [7, 11) is -1.18. The van der Waals surface area contributed by atoms with E-state index in [9.17, 15) is 9.59 Å². The number of amides is 1. The molecule has 0 radical (unpaired) electrons. The van der Waals surface area contributed by atoms with Crippen LogP contribution in [0.5, 0.6) is 11.5 Å². The summed E-state index contributed by atoms with van der Waals surface area (Å²) in [5, 5.41) is 11.5. The number of carboxylic acid groups (broad SMARTS) is 1. The van der Waals surface area contributed by atoms with Gasteiger partial charge in [-0.25, -0.2) is 9.59 Å². The molecule has 0 aliphatic heterocycles. The minimum atomic E-state index is -2.70. The largest absolute Gasteiger partial charge is 0.500 e. The van der Waals surface area contributed by atoms with Gasteiger partial charge in [0.15, 0.2) is 11.5 Å². The fourth-order valence-corrected chi connectivity index (χ4v) is 5.79. The first-order valence-corrected chi connectivity index (χ1v) is 13.9. The zero-order chi connectivity index (χ0) is 25.9. The summed E-state index contributed by atoms with van der Waals surface area (Å²) < 4.78 is 33.6. The lowest BCUT2D eigenvalue weighted by atomic mass is 10.2. The van der Waals surface area contributed by atoms with E-state index >= 15 is 0 Å². The molecule has 0 bridgehead atoms. The summed E-state index contributed by atoms with van der Waals surface area (Å²) in [6, 6.07) is 5.80. The highest BCUT2D eigenvalue weighted by atomic mass is 28.4. The molecule has 11 heteroatoms. The van der Waals surface area contributed by atoms with Crippen molar-refractivity contribution in [3.63, 3.8) is 0 Å². The first-order valence-electron chi connectivity index (χ1n) is 11.9. The Balaban J connectivity index is 2.26. The molecule has 0 fully saturated rings. The second-order valence-electron chi connectivity index (χ2n) is 7.29. The van der Waals surface area contributed by atoms with Crippen molar-refractivity contribution in [1.29, 1.82) is 0 Å². The quantitative estimate of drug-likeness (QED) is 0.160. The van der Waals surface area contributed by atoms with Crippen LogP contribution in [0, 0.1) is 0 Å². The Morgan fingerprint density at radius 3 is 2.23 bits per heavy atom. The monoisotopic (exact) mass is 513 g/mol. The van der Waals surface area contributed by atoms with Gasteiger partial charge < -0.3 is 37.9 Å². The number of unbranched alkanes of at least 4 members (excludes halogenated alkanes) is 1. The van der Waals surface area contributed by atoms with E-state index in [1.165, 1.54) is 13.2 Å². The Labute approximate surface area is 208 Å². The fraction of sp³-hybridized carbons (Fsp3) is 0.583. The number of aliphatic carboxylic acids is 1. The van der Waals surface area contributed by atoms with Crippen LogP contribution in [0.1, 0.15) is 45.6 Å². The minimum Gasteiger partial charge on any atom is -0.493 e. The maximum absolute atomic E-state index is 11.9. The number of carboxylic acids is 1. The highest BCUT2D eigenvalue weighted by Crippen LogP contribution is 2.28. The van der Waals surface area contributed by atoms with E-state index in [2.05, 4.69) is 5.32 Å². The van der Waals surface area contributed by atoms with E-state index in [-0.39, 0.29) is 6.61 Å². The molecule has 0 unspecified atom stereocenters. The Kier molecular flexibility index (Phi) is 15.5. The fourth-order valence-electron chi connectivity index (χ4n) is 3.17. The number of carbonyl (C=O) groups excluding carboxylic acids is 1. The lowest BCUT2D eigenvalue weighted by Crippen LogP contribution is -2.46. The van der Waals surface area contributed by atoms with Gasteiger partial charge in [-0.2, -0.15) is 0 Å². The van der Waals surface area contributed by atoms with E-state index in [0.29, 0.717) is 75.3 Å². The van der Waals surface area contributed by atoms with Crippen molar-refractivity contribution in [1.82, 2.24) is 5.32 Å². The van der Waals surface area contributed by atoms with Gasteiger partial charge in [0.05, 0.1) is 20.3 Å². The van der Waals surface area contributed by atoms with Gasteiger partial charge in [-0.1, -0.05) is 6.07 Å². The predicted molar refractivity (Wildman–Crippen MR) is 134 cm³/mol. The van der Waals surface area contributed by atoms with Crippen molar-refractivity contribution < 1.29 is 42.2 Å². The van der Waals surface area contributed by atoms with Crippen LogP contribution in [0.2, 0.25) is 6.04 Å². The minimum absolute atomic E-state index is 0.279.